The summed E-state index contributed by atoms with van der Waals surface area (Å²) in [5, 5.41) is 1.34. The molecule has 1 aromatic heterocycles. The Hall–Kier alpha value is -1.37. The number of hydrogen-bond acceptors (Lipinski definition) is 1. The van der Waals surface area contributed by atoms with Crippen molar-refractivity contribution in [1.82, 2.24) is 4.98 Å². The van der Waals surface area contributed by atoms with Crippen LogP contribution in [0.1, 0.15) is 37.1 Å². The van der Waals surface area contributed by atoms with Gasteiger partial charge in [0, 0.05) is 11.1 Å². The van der Waals surface area contributed by atoms with Crippen LogP contribution in [0.5, 0.6) is 0 Å². The quantitative estimate of drug-likeness (QED) is 0.749. The molecule has 1 heteroatoms. The van der Waals surface area contributed by atoms with Crippen molar-refractivity contribution in [3.63, 3.8) is 0 Å². The number of aryl methyl sites for hydroxylation is 2. The van der Waals surface area contributed by atoms with Crippen molar-refractivity contribution in [2.75, 3.05) is 0 Å². The number of benzene rings is 1. The molecule has 84 valence electrons. The van der Waals surface area contributed by atoms with Crippen LogP contribution >= 0.6 is 0 Å². The topological polar surface area (TPSA) is 12.9 Å². The summed E-state index contributed by atoms with van der Waals surface area (Å²) < 4.78 is 0. The molecule has 0 N–H and O–H groups in total. The maximum Gasteiger partial charge on any atom is 0.0708 e. The van der Waals surface area contributed by atoms with Crippen LogP contribution < -0.4 is 0 Å². The second kappa shape index (κ2) is 4.65. The summed E-state index contributed by atoms with van der Waals surface area (Å²) in [4.78, 5) is 4.69. The summed E-state index contributed by atoms with van der Waals surface area (Å²) >= 11 is 0. The summed E-state index contributed by atoms with van der Waals surface area (Å²) in [7, 11) is 0. The molecule has 0 atom stereocenters. The van der Waals surface area contributed by atoms with Gasteiger partial charge in [-0.3, -0.25) is 4.98 Å². The zero-order valence-electron chi connectivity index (χ0n) is 10.4. The first-order valence-electron chi connectivity index (χ1n) is 6.15. The molecule has 0 radical (unpaired) electrons. The van der Waals surface area contributed by atoms with Gasteiger partial charge in [0.05, 0.1) is 5.52 Å². The molecule has 0 saturated carbocycles. The molecule has 1 heterocycles. The third-order valence-electron chi connectivity index (χ3n) is 3.17. The number of aromatic nitrogens is 1. The number of pyridine rings is 1. The molecule has 0 spiro atoms. The van der Waals surface area contributed by atoms with Crippen LogP contribution in [-0.4, -0.2) is 4.98 Å². The lowest BCUT2D eigenvalue weighted by molar-refractivity contribution is 0.896. The predicted molar refractivity (Wildman–Crippen MR) is 69.9 cm³/mol. The predicted octanol–water partition coefficient (Wildman–Crippen LogP) is 4.06. The highest BCUT2D eigenvalue weighted by Crippen LogP contribution is 2.24. The number of fused-ring (bicyclic) bond motifs is 1. The lowest BCUT2D eigenvalue weighted by Crippen LogP contribution is -2.00. The molecular formula is C15H19N. The summed E-state index contributed by atoms with van der Waals surface area (Å²) in [6.07, 6.45) is 3.44. The Morgan fingerprint density at radius 3 is 2.50 bits per heavy atom. The standard InChI is InChI=1S/C15H19N/c1-4-8-13-12(5-2)11(3)16-15-10-7-6-9-14(13)15/h6-7,9-10H,4-5,8H2,1-3H3. The monoisotopic (exact) mass is 213 g/mol. The summed E-state index contributed by atoms with van der Waals surface area (Å²) in [6.45, 7) is 6.59. The summed E-state index contributed by atoms with van der Waals surface area (Å²) in [5.41, 5.74) is 5.29. The van der Waals surface area contributed by atoms with E-state index in [0.717, 1.165) is 18.4 Å². The van der Waals surface area contributed by atoms with E-state index in [1.165, 1.54) is 28.6 Å². The second-order valence-electron chi connectivity index (χ2n) is 4.28. The van der Waals surface area contributed by atoms with Crippen LogP contribution in [-0.2, 0) is 12.8 Å². The lowest BCUT2D eigenvalue weighted by atomic mass is 9.95. The van der Waals surface area contributed by atoms with E-state index in [-0.39, 0.29) is 0 Å². The first kappa shape index (κ1) is 11.1. The van der Waals surface area contributed by atoms with Crippen LogP contribution in [0, 0.1) is 6.92 Å². The van der Waals surface area contributed by atoms with Crippen molar-refractivity contribution >= 4 is 10.9 Å². The molecule has 0 aliphatic carbocycles. The molecule has 0 saturated heterocycles. The number of rotatable bonds is 3. The number of para-hydroxylation sites is 1. The van der Waals surface area contributed by atoms with Gasteiger partial charge in [-0.15, -0.1) is 0 Å². The molecule has 1 nitrogen and oxygen atoms in total. The van der Waals surface area contributed by atoms with Crippen molar-refractivity contribution < 1.29 is 0 Å². The average Bonchev–Trinajstić information content (AvgIpc) is 2.29. The van der Waals surface area contributed by atoms with E-state index < -0.39 is 0 Å². The van der Waals surface area contributed by atoms with Gasteiger partial charge in [0.15, 0.2) is 0 Å². The number of hydrogen-bond donors (Lipinski definition) is 0. The van der Waals surface area contributed by atoms with E-state index >= 15 is 0 Å². The summed E-state index contributed by atoms with van der Waals surface area (Å²) in [5.74, 6) is 0. The van der Waals surface area contributed by atoms with Crippen molar-refractivity contribution in [3.8, 4) is 0 Å². The van der Waals surface area contributed by atoms with Gasteiger partial charge in [-0.05, 0) is 37.0 Å². The van der Waals surface area contributed by atoms with Crippen LogP contribution in [0.25, 0.3) is 10.9 Å². The van der Waals surface area contributed by atoms with Crippen LogP contribution in [0.2, 0.25) is 0 Å². The molecule has 0 amide bonds. The maximum atomic E-state index is 4.69. The largest absolute Gasteiger partial charge is 0.253 e. The first-order valence-corrected chi connectivity index (χ1v) is 6.15. The van der Waals surface area contributed by atoms with Gasteiger partial charge in [-0.2, -0.15) is 0 Å². The first-order chi connectivity index (χ1) is 7.77. The fraction of sp³-hybridized carbons (Fsp3) is 0.400. The molecule has 2 rings (SSSR count). The molecule has 0 fully saturated rings. The van der Waals surface area contributed by atoms with Crippen LogP contribution in [0.15, 0.2) is 24.3 Å². The van der Waals surface area contributed by atoms with E-state index in [0.29, 0.717) is 0 Å². The molecule has 1 aromatic carbocycles. The van der Waals surface area contributed by atoms with Crippen molar-refractivity contribution in [1.29, 1.82) is 0 Å². The molecule has 0 aliphatic heterocycles. The SMILES string of the molecule is CCCc1c(CC)c(C)nc2ccccc12. The average molecular weight is 213 g/mol. The third-order valence-corrected chi connectivity index (χ3v) is 3.17. The van der Waals surface area contributed by atoms with Gasteiger partial charge in [-0.1, -0.05) is 38.5 Å². The highest BCUT2D eigenvalue weighted by atomic mass is 14.7. The highest BCUT2D eigenvalue weighted by Gasteiger charge is 2.09. The Labute approximate surface area is 97.5 Å². The van der Waals surface area contributed by atoms with Gasteiger partial charge in [0.1, 0.15) is 0 Å². The fourth-order valence-electron chi connectivity index (χ4n) is 2.46. The van der Waals surface area contributed by atoms with Crippen LogP contribution in [0.3, 0.4) is 0 Å². The van der Waals surface area contributed by atoms with E-state index in [2.05, 4.69) is 50.0 Å². The van der Waals surface area contributed by atoms with Crippen molar-refractivity contribution in [3.05, 3.63) is 41.1 Å². The lowest BCUT2D eigenvalue weighted by Gasteiger charge is -2.13. The number of nitrogens with zero attached hydrogens (tertiary/aromatic N) is 1. The van der Waals surface area contributed by atoms with E-state index in [9.17, 15) is 0 Å². The molecular weight excluding hydrogens is 194 g/mol. The molecule has 0 bridgehead atoms. The molecule has 0 unspecified atom stereocenters. The molecule has 2 aromatic rings. The van der Waals surface area contributed by atoms with Gasteiger partial charge in [-0.25, -0.2) is 0 Å². The fourth-order valence-corrected chi connectivity index (χ4v) is 2.46. The van der Waals surface area contributed by atoms with Crippen molar-refractivity contribution in [2.24, 2.45) is 0 Å². The van der Waals surface area contributed by atoms with E-state index in [4.69, 9.17) is 0 Å². The van der Waals surface area contributed by atoms with Gasteiger partial charge >= 0.3 is 0 Å². The van der Waals surface area contributed by atoms with Crippen LogP contribution in [0.4, 0.5) is 0 Å². The summed E-state index contributed by atoms with van der Waals surface area (Å²) in [6, 6.07) is 8.49. The Balaban J connectivity index is 2.76. The smallest absolute Gasteiger partial charge is 0.0708 e. The Morgan fingerprint density at radius 2 is 1.81 bits per heavy atom. The minimum absolute atomic E-state index is 1.08. The van der Waals surface area contributed by atoms with E-state index in [1.807, 2.05) is 0 Å². The molecule has 0 aliphatic rings. The van der Waals surface area contributed by atoms with Gasteiger partial charge in [0.25, 0.3) is 0 Å². The second-order valence-corrected chi connectivity index (χ2v) is 4.28. The maximum absolute atomic E-state index is 4.69. The zero-order valence-corrected chi connectivity index (χ0v) is 10.4. The Kier molecular flexibility index (Phi) is 3.23. The van der Waals surface area contributed by atoms with Gasteiger partial charge in [0.2, 0.25) is 0 Å². The van der Waals surface area contributed by atoms with Gasteiger partial charge < -0.3 is 0 Å². The normalized spacial score (nSPS) is 10.9. The Bertz CT molecular complexity index is 500. The minimum Gasteiger partial charge on any atom is -0.253 e. The van der Waals surface area contributed by atoms with E-state index in [1.54, 1.807) is 0 Å². The third kappa shape index (κ3) is 1.82. The van der Waals surface area contributed by atoms with Crippen molar-refractivity contribution in [2.45, 2.75) is 40.0 Å². The highest BCUT2D eigenvalue weighted by molar-refractivity contribution is 5.83. The zero-order chi connectivity index (χ0) is 11.5. The minimum atomic E-state index is 1.08. The molecule has 16 heavy (non-hydrogen) atoms. The Morgan fingerprint density at radius 1 is 1.06 bits per heavy atom.